The normalized spacial score (nSPS) is 10.9. The molecule has 0 bridgehead atoms. The molecular formula is C12H16NO5+. The topological polar surface area (TPSA) is 75.8 Å². The van der Waals surface area contributed by atoms with Gasteiger partial charge in [0.1, 0.15) is 0 Å². The van der Waals surface area contributed by atoms with Gasteiger partial charge in [0.25, 0.3) is 4.92 Å². The maximum atomic E-state index is 11.7. The van der Waals surface area contributed by atoms with E-state index in [0.717, 1.165) is 0 Å². The first-order valence-electron chi connectivity index (χ1n) is 5.27. The molecular weight excluding hydrogens is 238 g/mol. The fourth-order valence-electron chi connectivity index (χ4n) is 1.60. The molecule has 1 N–H and O–H groups in total. The largest absolute Gasteiger partial charge is 0.490 e. The molecule has 0 unspecified atom stereocenters. The molecule has 0 amide bonds. The number of nitrogens with zero attached hydrogens (tertiary/aromatic N) is 1. The predicted molar refractivity (Wildman–Crippen MR) is 63.1 cm³/mol. The molecule has 0 radical (unpaired) electrons. The van der Waals surface area contributed by atoms with Crippen molar-refractivity contribution in [3.8, 4) is 5.75 Å². The summed E-state index contributed by atoms with van der Waals surface area (Å²) in [6.45, 7) is 3.33. The summed E-state index contributed by atoms with van der Waals surface area (Å²) in [7, 11) is 2.67. The third kappa shape index (κ3) is 2.42. The van der Waals surface area contributed by atoms with Crippen LogP contribution in [0.4, 0.5) is 5.69 Å². The van der Waals surface area contributed by atoms with Crippen LogP contribution in [0, 0.1) is 4.91 Å². The third-order valence-electron chi connectivity index (χ3n) is 2.80. The number of carbonyl (C=O) groups is 1. The van der Waals surface area contributed by atoms with Crippen LogP contribution in [-0.4, -0.2) is 30.3 Å². The zero-order chi connectivity index (χ0) is 13.9. The Bertz CT molecular complexity index is 481. The molecule has 1 rings (SSSR count). The van der Waals surface area contributed by atoms with Crippen LogP contribution in [-0.2, 0) is 14.9 Å². The fourth-order valence-corrected chi connectivity index (χ4v) is 1.60. The van der Waals surface area contributed by atoms with Gasteiger partial charge in [-0.3, -0.25) is 4.79 Å². The van der Waals surface area contributed by atoms with Crippen LogP contribution in [0.25, 0.3) is 0 Å². The van der Waals surface area contributed by atoms with Gasteiger partial charge < -0.3 is 9.47 Å². The second-order valence-corrected chi connectivity index (χ2v) is 4.28. The minimum Gasteiger partial charge on any atom is -0.490 e. The van der Waals surface area contributed by atoms with E-state index in [-0.39, 0.29) is 16.4 Å². The van der Waals surface area contributed by atoms with Crippen LogP contribution in [0.1, 0.15) is 19.4 Å². The Morgan fingerprint density at radius 1 is 1.33 bits per heavy atom. The number of methoxy groups -OCH3 is 2. The summed E-state index contributed by atoms with van der Waals surface area (Å²) in [6.07, 6.45) is 0. The summed E-state index contributed by atoms with van der Waals surface area (Å²) >= 11 is 0. The van der Waals surface area contributed by atoms with Crippen LogP contribution in [0.5, 0.6) is 5.75 Å². The van der Waals surface area contributed by atoms with Gasteiger partial charge in [-0.2, -0.15) is 0 Å². The quantitative estimate of drug-likeness (QED) is 0.656. The number of rotatable bonds is 4. The molecule has 0 atom stereocenters. The number of esters is 1. The van der Waals surface area contributed by atoms with E-state index in [1.165, 1.54) is 26.4 Å². The molecule has 0 aliphatic heterocycles. The molecule has 0 spiro atoms. The van der Waals surface area contributed by atoms with Crippen LogP contribution >= 0.6 is 0 Å². The number of hydrogen-bond donors (Lipinski definition) is 1. The summed E-state index contributed by atoms with van der Waals surface area (Å²) < 4.78 is 9.65. The predicted octanol–water partition coefficient (Wildman–Crippen LogP) is 1.95. The fraction of sp³-hybridized carbons (Fsp3) is 0.417. The summed E-state index contributed by atoms with van der Waals surface area (Å²) in [4.78, 5) is 22.4. The van der Waals surface area contributed by atoms with E-state index in [1.54, 1.807) is 19.9 Å². The monoisotopic (exact) mass is 254 g/mol. The molecule has 0 saturated carbocycles. The smallest absolute Gasteiger partial charge is 0.358 e. The Morgan fingerprint density at radius 3 is 2.39 bits per heavy atom. The van der Waals surface area contributed by atoms with E-state index < -0.39 is 11.4 Å². The van der Waals surface area contributed by atoms with Crippen molar-refractivity contribution in [3.05, 3.63) is 28.7 Å². The average molecular weight is 254 g/mol. The molecule has 98 valence electrons. The summed E-state index contributed by atoms with van der Waals surface area (Å²) in [5.74, 6) is -0.217. The SMILES string of the molecule is COC(=O)C(C)(C)c1ccc(OC)c([N+](=O)O)c1. The Kier molecular flexibility index (Phi) is 3.90. The lowest BCUT2D eigenvalue weighted by Crippen LogP contribution is -2.30. The molecule has 0 aliphatic rings. The van der Waals surface area contributed by atoms with Gasteiger partial charge in [-0.15, -0.1) is 0 Å². The van der Waals surface area contributed by atoms with Gasteiger partial charge in [0.15, 0.2) is 0 Å². The zero-order valence-corrected chi connectivity index (χ0v) is 10.8. The van der Waals surface area contributed by atoms with Gasteiger partial charge in [-0.25, -0.2) is 5.21 Å². The van der Waals surface area contributed by atoms with Gasteiger partial charge in [0, 0.05) is 6.07 Å². The molecule has 6 nitrogen and oxygen atoms in total. The molecule has 6 heteroatoms. The zero-order valence-electron chi connectivity index (χ0n) is 10.8. The van der Waals surface area contributed by atoms with Crippen molar-refractivity contribution < 1.29 is 24.4 Å². The second-order valence-electron chi connectivity index (χ2n) is 4.28. The van der Waals surface area contributed by atoms with E-state index in [0.29, 0.717) is 5.56 Å². The lowest BCUT2D eigenvalue weighted by atomic mass is 9.84. The maximum absolute atomic E-state index is 11.7. The first-order valence-corrected chi connectivity index (χ1v) is 5.27. The summed E-state index contributed by atoms with van der Waals surface area (Å²) in [6, 6.07) is 4.54. The van der Waals surface area contributed by atoms with E-state index in [1.807, 2.05) is 0 Å². The number of carbonyl (C=O) groups excluding carboxylic acids is 1. The molecule has 1 aromatic rings. The van der Waals surface area contributed by atoms with Crippen molar-refractivity contribution in [2.24, 2.45) is 0 Å². The van der Waals surface area contributed by atoms with Gasteiger partial charge in [-0.1, -0.05) is 6.07 Å². The average Bonchev–Trinajstić information content (AvgIpc) is 2.36. The van der Waals surface area contributed by atoms with E-state index in [9.17, 15) is 9.70 Å². The summed E-state index contributed by atoms with van der Waals surface area (Å²) in [5.41, 5.74) is -0.446. The summed E-state index contributed by atoms with van der Waals surface area (Å²) in [5, 5.41) is 9.00. The number of benzene rings is 1. The minimum absolute atomic E-state index is 0.0630. The van der Waals surface area contributed by atoms with E-state index >= 15 is 0 Å². The van der Waals surface area contributed by atoms with Crippen molar-refractivity contribution in [3.63, 3.8) is 0 Å². The van der Waals surface area contributed by atoms with Gasteiger partial charge in [0.05, 0.1) is 24.5 Å². The minimum atomic E-state index is -0.925. The molecule has 0 saturated heterocycles. The van der Waals surface area contributed by atoms with E-state index in [2.05, 4.69) is 0 Å². The van der Waals surface area contributed by atoms with Crippen LogP contribution in [0.15, 0.2) is 18.2 Å². The van der Waals surface area contributed by atoms with Crippen LogP contribution in [0.3, 0.4) is 0 Å². The van der Waals surface area contributed by atoms with Gasteiger partial charge >= 0.3 is 11.7 Å². The van der Waals surface area contributed by atoms with Crippen molar-refractivity contribution >= 4 is 11.7 Å². The van der Waals surface area contributed by atoms with Gasteiger partial charge in [-0.05, 0) is 25.5 Å². The lowest BCUT2D eigenvalue weighted by molar-refractivity contribution is -0.730. The molecule has 0 aliphatic carbocycles. The van der Waals surface area contributed by atoms with Crippen molar-refractivity contribution in [1.82, 2.24) is 0 Å². The Morgan fingerprint density at radius 2 is 1.94 bits per heavy atom. The highest BCUT2D eigenvalue weighted by molar-refractivity contribution is 5.82. The van der Waals surface area contributed by atoms with Crippen LogP contribution in [0.2, 0.25) is 0 Å². The van der Waals surface area contributed by atoms with Crippen molar-refractivity contribution in [2.45, 2.75) is 19.3 Å². The highest BCUT2D eigenvalue weighted by atomic mass is 16.6. The Labute approximate surface area is 105 Å². The van der Waals surface area contributed by atoms with E-state index in [4.69, 9.17) is 14.7 Å². The van der Waals surface area contributed by atoms with Gasteiger partial charge in [0.2, 0.25) is 5.75 Å². The van der Waals surface area contributed by atoms with Crippen molar-refractivity contribution in [2.75, 3.05) is 14.2 Å². The number of hydrogen-bond acceptors (Lipinski definition) is 4. The van der Waals surface area contributed by atoms with Crippen LogP contribution < -0.4 is 4.74 Å². The Balaban J connectivity index is 3.32. The first kappa shape index (κ1) is 14.0. The highest BCUT2D eigenvalue weighted by Gasteiger charge is 2.33. The molecule has 1 aromatic carbocycles. The lowest BCUT2D eigenvalue weighted by Gasteiger charge is -2.21. The molecule has 0 aromatic heterocycles. The Hall–Kier alpha value is -2.11. The van der Waals surface area contributed by atoms with Crippen molar-refractivity contribution in [1.29, 1.82) is 0 Å². The third-order valence-corrected chi connectivity index (χ3v) is 2.80. The number of ether oxygens (including phenoxy) is 2. The maximum Gasteiger partial charge on any atom is 0.358 e. The first-order chi connectivity index (χ1) is 8.34. The molecule has 0 fully saturated rings. The standard InChI is InChI=1S/C12H16NO5/c1-12(2,11(14)18-4)8-5-6-10(17-3)9(7-8)13(15)16/h5-7H,1-4H3,(H,15,16)/q+1. The second kappa shape index (κ2) is 5.03. The highest BCUT2D eigenvalue weighted by Crippen LogP contribution is 2.33. The molecule has 18 heavy (non-hydrogen) atoms. The molecule has 0 heterocycles.